The number of amides is 1. The molecule has 1 amide bonds. The third-order valence-electron chi connectivity index (χ3n) is 3.34. The molecule has 2 fully saturated rings. The molecule has 0 aromatic heterocycles. The molecule has 2 rings (SSSR count). The van der Waals surface area contributed by atoms with E-state index < -0.39 is 24.0 Å². The minimum absolute atomic E-state index is 0.166. The molecule has 2 N–H and O–H groups in total. The number of hydrogen-bond acceptors (Lipinski definition) is 5. The lowest BCUT2D eigenvalue weighted by atomic mass is 9.93. The summed E-state index contributed by atoms with van der Waals surface area (Å²) in [7, 11) is 0. The van der Waals surface area contributed by atoms with Gasteiger partial charge in [-0.3, -0.25) is 4.79 Å². The second-order valence-electron chi connectivity index (χ2n) is 4.74. The zero-order chi connectivity index (χ0) is 13.7. The van der Waals surface area contributed by atoms with Gasteiger partial charge in [-0.15, -0.1) is 0 Å². The Hall–Kier alpha value is -1.18. The van der Waals surface area contributed by atoms with Crippen LogP contribution in [0.1, 0.15) is 12.8 Å². The van der Waals surface area contributed by atoms with E-state index in [2.05, 4.69) is 5.32 Å². The predicted molar refractivity (Wildman–Crippen MR) is 63.7 cm³/mol. The second kappa shape index (κ2) is 6.83. The van der Waals surface area contributed by atoms with Crippen LogP contribution in [0.15, 0.2) is 0 Å². The molecule has 0 aliphatic carbocycles. The Bertz CT molecular complexity index is 322. The summed E-state index contributed by atoms with van der Waals surface area (Å²) in [4.78, 5) is 23.2. The van der Waals surface area contributed by atoms with E-state index in [0.717, 1.165) is 12.8 Å². The first-order chi connectivity index (χ1) is 9.18. The molecule has 0 aromatic carbocycles. The van der Waals surface area contributed by atoms with Crippen molar-refractivity contribution in [3.05, 3.63) is 0 Å². The molecule has 108 valence electrons. The zero-order valence-corrected chi connectivity index (χ0v) is 10.7. The van der Waals surface area contributed by atoms with Crippen molar-refractivity contribution in [1.82, 2.24) is 5.32 Å². The highest BCUT2D eigenvalue weighted by molar-refractivity contribution is 5.86. The number of nitrogens with one attached hydrogen (secondary N) is 1. The van der Waals surface area contributed by atoms with Gasteiger partial charge in [-0.25, -0.2) is 4.79 Å². The molecule has 2 saturated heterocycles. The van der Waals surface area contributed by atoms with E-state index in [9.17, 15) is 14.7 Å². The first-order valence-electron chi connectivity index (χ1n) is 6.49. The molecule has 0 saturated carbocycles. The number of carboxylic acid groups (broad SMARTS) is 1. The molecule has 3 atom stereocenters. The van der Waals surface area contributed by atoms with E-state index in [0.29, 0.717) is 26.4 Å². The van der Waals surface area contributed by atoms with Gasteiger partial charge in [-0.05, 0) is 12.8 Å². The lowest BCUT2D eigenvalue weighted by Gasteiger charge is -2.30. The van der Waals surface area contributed by atoms with E-state index in [1.807, 2.05) is 0 Å². The SMILES string of the molecule is O=C(NC(C(=O)O)C1CCCOC1)C1COCCO1. The zero-order valence-electron chi connectivity index (χ0n) is 10.7. The van der Waals surface area contributed by atoms with Crippen molar-refractivity contribution in [3.8, 4) is 0 Å². The number of aliphatic carboxylic acids is 1. The van der Waals surface area contributed by atoms with Gasteiger partial charge in [0.1, 0.15) is 6.04 Å². The molecule has 0 radical (unpaired) electrons. The Morgan fingerprint density at radius 3 is 2.53 bits per heavy atom. The fraction of sp³-hybridized carbons (Fsp3) is 0.833. The van der Waals surface area contributed by atoms with Crippen LogP contribution in [0.3, 0.4) is 0 Å². The molecular weight excluding hydrogens is 254 g/mol. The molecule has 7 heteroatoms. The van der Waals surface area contributed by atoms with Crippen LogP contribution < -0.4 is 5.32 Å². The molecule has 19 heavy (non-hydrogen) atoms. The Balaban J connectivity index is 1.91. The molecule has 3 unspecified atom stereocenters. The monoisotopic (exact) mass is 273 g/mol. The van der Waals surface area contributed by atoms with E-state index in [1.54, 1.807) is 0 Å². The second-order valence-corrected chi connectivity index (χ2v) is 4.74. The van der Waals surface area contributed by atoms with E-state index in [1.165, 1.54) is 0 Å². The lowest BCUT2D eigenvalue weighted by Crippen LogP contribution is -2.53. The summed E-state index contributed by atoms with van der Waals surface area (Å²) < 4.78 is 15.6. The quantitative estimate of drug-likeness (QED) is 0.710. The van der Waals surface area contributed by atoms with Crippen LogP contribution in [0.2, 0.25) is 0 Å². The van der Waals surface area contributed by atoms with Crippen LogP contribution >= 0.6 is 0 Å². The van der Waals surface area contributed by atoms with Crippen molar-refractivity contribution in [2.45, 2.75) is 25.0 Å². The van der Waals surface area contributed by atoms with Crippen molar-refractivity contribution in [3.63, 3.8) is 0 Å². The standard InChI is InChI=1S/C12H19NO6/c14-11(9-7-18-4-5-19-9)13-10(12(15)16)8-2-1-3-17-6-8/h8-10H,1-7H2,(H,13,14)(H,15,16). The van der Waals surface area contributed by atoms with E-state index >= 15 is 0 Å². The van der Waals surface area contributed by atoms with Gasteiger partial charge in [0.05, 0.1) is 26.4 Å². The topological polar surface area (TPSA) is 94.1 Å². The highest BCUT2D eigenvalue weighted by Crippen LogP contribution is 2.18. The summed E-state index contributed by atoms with van der Waals surface area (Å²) in [5.41, 5.74) is 0. The van der Waals surface area contributed by atoms with Gasteiger partial charge in [0.15, 0.2) is 6.10 Å². The first-order valence-corrected chi connectivity index (χ1v) is 6.49. The summed E-state index contributed by atoms with van der Waals surface area (Å²) in [6.45, 7) is 1.99. The van der Waals surface area contributed by atoms with Crippen molar-refractivity contribution in [2.24, 2.45) is 5.92 Å². The van der Waals surface area contributed by atoms with Crippen molar-refractivity contribution in [1.29, 1.82) is 0 Å². The molecule has 0 bridgehead atoms. The van der Waals surface area contributed by atoms with Gasteiger partial charge in [0.2, 0.25) is 0 Å². The van der Waals surface area contributed by atoms with Crippen LogP contribution in [-0.4, -0.2) is 62.2 Å². The number of ether oxygens (including phenoxy) is 3. The molecular formula is C12H19NO6. The number of rotatable bonds is 4. The van der Waals surface area contributed by atoms with Crippen molar-refractivity contribution < 1.29 is 28.9 Å². The summed E-state index contributed by atoms with van der Waals surface area (Å²) in [5.74, 6) is -1.67. The highest BCUT2D eigenvalue weighted by Gasteiger charge is 2.34. The van der Waals surface area contributed by atoms with Gasteiger partial charge in [0.25, 0.3) is 5.91 Å². The molecule has 0 aromatic rings. The van der Waals surface area contributed by atoms with E-state index in [4.69, 9.17) is 14.2 Å². The predicted octanol–water partition coefficient (Wildman–Crippen LogP) is -0.602. The smallest absolute Gasteiger partial charge is 0.326 e. The molecule has 2 aliphatic rings. The Morgan fingerprint density at radius 1 is 1.16 bits per heavy atom. The maximum Gasteiger partial charge on any atom is 0.326 e. The van der Waals surface area contributed by atoms with Gasteiger partial charge in [0, 0.05) is 12.5 Å². The summed E-state index contributed by atoms with van der Waals surface area (Å²) in [5, 5.41) is 11.8. The fourth-order valence-corrected chi connectivity index (χ4v) is 2.30. The van der Waals surface area contributed by atoms with Crippen LogP contribution in [0.5, 0.6) is 0 Å². The highest BCUT2D eigenvalue weighted by atomic mass is 16.6. The van der Waals surface area contributed by atoms with Gasteiger partial charge in [-0.1, -0.05) is 0 Å². The van der Waals surface area contributed by atoms with Crippen molar-refractivity contribution in [2.75, 3.05) is 33.0 Å². The molecule has 0 spiro atoms. The molecule has 7 nitrogen and oxygen atoms in total. The average Bonchev–Trinajstić information content (AvgIpc) is 2.46. The van der Waals surface area contributed by atoms with E-state index in [-0.39, 0.29) is 12.5 Å². The first kappa shape index (κ1) is 14.2. The van der Waals surface area contributed by atoms with Crippen LogP contribution in [-0.2, 0) is 23.8 Å². The summed E-state index contributed by atoms with van der Waals surface area (Å²) in [6.07, 6.45) is 0.826. The maximum absolute atomic E-state index is 11.9. The number of carbonyl (C=O) groups is 2. The third kappa shape index (κ3) is 3.89. The third-order valence-corrected chi connectivity index (χ3v) is 3.34. The number of hydrogen-bond donors (Lipinski definition) is 2. The maximum atomic E-state index is 11.9. The normalized spacial score (nSPS) is 29.5. The Morgan fingerprint density at radius 2 is 1.95 bits per heavy atom. The Kier molecular flexibility index (Phi) is 5.12. The van der Waals surface area contributed by atoms with Gasteiger partial charge < -0.3 is 24.6 Å². The average molecular weight is 273 g/mol. The minimum Gasteiger partial charge on any atom is -0.480 e. The summed E-state index contributed by atoms with van der Waals surface area (Å²) in [6, 6.07) is -0.932. The lowest BCUT2D eigenvalue weighted by molar-refractivity contribution is -0.154. The van der Waals surface area contributed by atoms with Crippen LogP contribution in [0.4, 0.5) is 0 Å². The molecule has 2 heterocycles. The van der Waals surface area contributed by atoms with Crippen LogP contribution in [0.25, 0.3) is 0 Å². The van der Waals surface area contributed by atoms with Crippen LogP contribution in [0, 0.1) is 5.92 Å². The van der Waals surface area contributed by atoms with Gasteiger partial charge in [-0.2, -0.15) is 0 Å². The number of carbonyl (C=O) groups excluding carboxylic acids is 1. The largest absolute Gasteiger partial charge is 0.480 e. The van der Waals surface area contributed by atoms with Crippen molar-refractivity contribution >= 4 is 11.9 Å². The number of carboxylic acids is 1. The molecule has 2 aliphatic heterocycles. The minimum atomic E-state index is -1.04. The van der Waals surface area contributed by atoms with Gasteiger partial charge >= 0.3 is 5.97 Å². The Labute approximate surface area is 111 Å². The fourth-order valence-electron chi connectivity index (χ4n) is 2.30. The summed E-state index contributed by atoms with van der Waals surface area (Å²) >= 11 is 0.